The van der Waals surface area contributed by atoms with Gasteiger partial charge in [0.15, 0.2) is 0 Å². The number of ether oxygens (including phenoxy) is 1. The van der Waals surface area contributed by atoms with Crippen LogP contribution in [0.25, 0.3) is 0 Å². The van der Waals surface area contributed by atoms with Gasteiger partial charge in [0.1, 0.15) is 0 Å². The van der Waals surface area contributed by atoms with Gasteiger partial charge in [0.2, 0.25) is 0 Å². The molecule has 3 nitrogen and oxygen atoms in total. The maximum atomic E-state index is 10.3. The third kappa shape index (κ3) is 4.35. The molecule has 1 rings (SSSR count). The fourth-order valence-corrected chi connectivity index (χ4v) is 1.85. The molecule has 0 spiro atoms. The summed E-state index contributed by atoms with van der Waals surface area (Å²) in [5, 5.41) is 0. The molecule has 5 heteroatoms. The van der Waals surface area contributed by atoms with Crippen LogP contribution in [-0.4, -0.2) is 27.2 Å². The Hall–Kier alpha value is 1.07. The van der Waals surface area contributed by atoms with Crippen LogP contribution in [-0.2, 0) is 15.8 Å². The van der Waals surface area contributed by atoms with E-state index in [9.17, 15) is 8.76 Å². The van der Waals surface area contributed by atoms with Crippen molar-refractivity contribution >= 4 is 11.1 Å². The first-order valence-corrected chi connectivity index (χ1v) is 4.91. The van der Waals surface area contributed by atoms with E-state index in [-0.39, 0.29) is 46.8 Å². The van der Waals surface area contributed by atoms with Crippen molar-refractivity contribution in [3.8, 4) is 0 Å². The van der Waals surface area contributed by atoms with Crippen LogP contribution in [0.1, 0.15) is 20.3 Å². The summed E-state index contributed by atoms with van der Waals surface area (Å²) < 4.78 is 25.9. The quantitative estimate of drug-likeness (QED) is 0.371. The van der Waals surface area contributed by atoms with Crippen molar-refractivity contribution in [2.75, 3.05) is 12.4 Å². The summed E-state index contributed by atoms with van der Waals surface area (Å²) in [5.41, 5.74) is 0.157. The third-order valence-electron chi connectivity index (χ3n) is 1.81. The topological polar surface area (TPSA) is 49.4 Å². The summed E-state index contributed by atoms with van der Waals surface area (Å²) in [6.07, 6.45) is 0.768. The molecule has 1 heterocycles. The van der Waals surface area contributed by atoms with Gasteiger partial charge < -0.3 is 9.29 Å². The molecule has 0 saturated carbocycles. The minimum absolute atomic E-state index is 0. The second-order valence-corrected chi connectivity index (χ2v) is 4.71. The zero-order valence-corrected chi connectivity index (χ0v) is 10.6. The number of hydrogen-bond donors (Lipinski definition) is 0. The van der Waals surface area contributed by atoms with Crippen LogP contribution >= 0.6 is 0 Å². The summed E-state index contributed by atoms with van der Waals surface area (Å²) in [5.74, 6) is 0.142. The monoisotopic (exact) mass is 200 g/mol. The molecule has 12 heavy (non-hydrogen) atoms. The molecule has 0 aromatic rings. The molecule has 0 aromatic heterocycles. The van der Waals surface area contributed by atoms with Gasteiger partial charge in [-0.1, -0.05) is 24.9 Å². The van der Waals surface area contributed by atoms with Crippen LogP contribution in [0.5, 0.6) is 0 Å². The van der Waals surface area contributed by atoms with Crippen LogP contribution in [0.3, 0.4) is 0 Å². The molecule has 0 amide bonds. The Bertz CT molecular complexity index is 172. The van der Waals surface area contributed by atoms with E-state index in [1.807, 2.05) is 0 Å². The fraction of sp³-hybridized carbons (Fsp3) is 1.00. The number of hydrogen-bond acceptors (Lipinski definition) is 3. The van der Waals surface area contributed by atoms with Crippen LogP contribution < -0.4 is 29.6 Å². The zero-order valence-electron chi connectivity index (χ0n) is 7.83. The Labute approximate surface area is 97.8 Å². The molecule has 0 radical (unpaired) electrons. The largest absolute Gasteiger partial charge is 1.00 e. The standard InChI is InChI=1S/C7H14O3S.Na/c1-7(2)3-6(10-5-7)4-11(8)9;/h6H,3-5H2,1-2H3,(H,8,9);/q;+1/p-1. The Morgan fingerprint density at radius 2 is 2.25 bits per heavy atom. The first-order valence-electron chi connectivity index (χ1n) is 3.67. The van der Waals surface area contributed by atoms with Crippen molar-refractivity contribution in [2.45, 2.75) is 26.4 Å². The minimum Gasteiger partial charge on any atom is -0.772 e. The van der Waals surface area contributed by atoms with E-state index in [0.717, 1.165) is 6.42 Å². The summed E-state index contributed by atoms with van der Waals surface area (Å²) in [6, 6.07) is 0. The van der Waals surface area contributed by atoms with Crippen LogP contribution in [0.15, 0.2) is 0 Å². The Morgan fingerprint density at radius 3 is 2.58 bits per heavy atom. The molecular formula is C7H13NaO3S. The Morgan fingerprint density at radius 1 is 1.67 bits per heavy atom. The smallest absolute Gasteiger partial charge is 0.772 e. The Kier molecular flexibility index (Phi) is 5.53. The van der Waals surface area contributed by atoms with Gasteiger partial charge >= 0.3 is 29.6 Å². The van der Waals surface area contributed by atoms with Crippen LogP contribution in [0.2, 0.25) is 0 Å². The first-order chi connectivity index (χ1) is 4.99. The summed E-state index contributed by atoms with van der Waals surface area (Å²) >= 11 is -1.96. The number of rotatable bonds is 2. The van der Waals surface area contributed by atoms with E-state index < -0.39 is 11.1 Å². The summed E-state index contributed by atoms with van der Waals surface area (Å²) in [7, 11) is 0. The van der Waals surface area contributed by atoms with Crippen molar-refractivity contribution in [1.29, 1.82) is 0 Å². The van der Waals surface area contributed by atoms with Crippen molar-refractivity contribution in [1.82, 2.24) is 0 Å². The molecule has 2 atom stereocenters. The van der Waals surface area contributed by atoms with Crippen molar-refractivity contribution in [3.05, 3.63) is 0 Å². The van der Waals surface area contributed by atoms with E-state index in [4.69, 9.17) is 4.74 Å². The predicted molar refractivity (Wildman–Crippen MR) is 41.9 cm³/mol. The van der Waals surface area contributed by atoms with Gasteiger partial charge in [0, 0.05) is 5.75 Å². The molecule has 1 fully saturated rings. The molecule has 0 aliphatic carbocycles. The van der Waals surface area contributed by atoms with Gasteiger partial charge in [-0.05, 0) is 11.8 Å². The molecule has 0 aromatic carbocycles. The molecule has 66 valence electrons. The maximum absolute atomic E-state index is 10.3. The molecule has 2 unspecified atom stereocenters. The van der Waals surface area contributed by atoms with E-state index in [0.29, 0.717) is 6.61 Å². The van der Waals surface area contributed by atoms with Crippen molar-refractivity contribution in [3.63, 3.8) is 0 Å². The average Bonchev–Trinajstić information content (AvgIpc) is 2.08. The second-order valence-electron chi connectivity index (χ2n) is 3.77. The molecule has 1 aliphatic heterocycles. The van der Waals surface area contributed by atoms with E-state index >= 15 is 0 Å². The van der Waals surface area contributed by atoms with Crippen molar-refractivity contribution < 1.29 is 43.1 Å². The van der Waals surface area contributed by atoms with E-state index in [1.54, 1.807) is 0 Å². The van der Waals surface area contributed by atoms with Crippen LogP contribution in [0, 0.1) is 5.41 Å². The molecule has 0 N–H and O–H groups in total. The van der Waals surface area contributed by atoms with Crippen molar-refractivity contribution in [2.24, 2.45) is 5.41 Å². The summed E-state index contributed by atoms with van der Waals surface area (Å²) in [6.45, 7) is 4.84. The van der Waals surface area contributed by atoms with E-state index in [1.165, 1.54) is 0 Å². The summed E-state index contributed by atoms with van der Waals surface area (Å²) in [4.78, 5) is 0. The zero-order chi connectivity index (χ0) is 8.48. The molecular weight excluding hydrogens is 187 g/mol. The molecule has 0 bridgehead atoms. The molecule has 1 aliphatic rings. The second kappa shape index (κ2) is 5.08. The van der Waals surface area contributed by atoms with Gasteiger partial charge in [-0.2, -0.15) is 0 Å². The minimum atomic E-state index is -1.96. The van der Waals surface area contributed by atoms with E-state index in [2.05, 4.69) is 13.8 Å². The van der Waals surface area contributed by atoms with Gasteiger partial charge in [-0.3, -0.25) is 4.21 Å². The average molecular weight is 200 g/mol. The van der Waals surface area contributed by atoms with Gasteiger partial charge in [-0.25, -0.2) is 0 Å². The molecule has 1 saturated heterocycles. The van der Waals surface area contributed by atoms with Gasteiger partial charge in [-0.15, -0.1) is 0 Å². The SMILES string of the molecule is CC1(C)COC(CS(=O)[O-])C1.[Na+]. The first kappa shape index (κ1) is 13.1. The predicted octanol–water partition coefficient (Wildman–Crippen LogP) is -2.32. The third-order valence-corrected chi connectivity index (χ3v) is 2.46. The van der Waals surface area contributed by atoms with Crippen LogP contribution in [0.4, 0.5) is 0 Å². The van der Waals surface area contributed by atoms with Gasteiger partial charge in [0.25, 0.3) is 0 Å². The fourth-order valence-electron chi connectivity index (χ4n) is 1.34. The Balaban J connectivity index is 0.00000121. The normalized spacial score (nSPS) is 29.4. The van der Waals surface area contributed by atoms with Gasteiger partial charge in [0.05, 0.1) is 12.7 Å². The maximum Gasteiger partial charge on any atom is 1.00 e.